The zero-order valence-electron chi connectivity index (χ0n) is 10.2. The van der Waals surface area contributed by atoms with Crippen LogP contribution in [0.15, 0.2) is 30.5 Å². The average molecular weight is 289 g/mol. The highest BCUT2D eigenvalue weighted by molar-refractivity contribution is 6.29. The third-order valence-corrected chi connectivity index (χ3v) is 3.05. The Bertz CT molecular complexity index is 717. The second kappa shape index (κ2) is 4.90. The summed E-state index contributed by atoms with van der Waals surface area (Å²) in [5, 5.41) is 5.51. The Hall–Kier alpha value is -2.47. The van der Waals surface area contributed by atoms with Gasteiger partial charge in [-0.1, -0.05) is 11.6 Å². The molecule has 1 aromatic heterocycles. The summed E-state index contributed by atoms with van der Waals surface area (Å²) in [7, 11) is 0. The summed E-state index contributed by atoms with van der Waals surface area (Å²) >= 11 is 5.72. The number of halogens is 1. The van der Waals surface area contributed by atoms with Crippen LogP contribution in [0.5, 0.6) is 0 Å². The second-order valence-electron chi connectivity index (χ2n) is 4.25. The van der Waals surface area contributed by atoms with Gasteiger partial charge in [-0.25, -0.2) is 9.97 Å². The van der Waals surface area contributed by atoms with Gasteiger partial charge in [0.1, 0.15) is 5.15 Å². The van der Waals surface area contributed by atoms with E-state index >= 15 is 0 Å². The van der Waals surface area contributed by atoms with E-state index in [1.54, 1.807) is 18.2 Å². The highest BCUT2D eigenvalue weighted by Crippen LogP contribution is 2.24. The van der Waals surface area contributed by atoms with Gasteiger partial charge in [0, 0.05) is 17.4 Å². The maximum Gasteiger partial charge on any atom is 0.258 e. The van der Waals surface area contributed by atoms with Gasteiger partial charge in [-0.3, -0.25) is 14.9 Å². The smallest absolute Gasteiger partial charge is 0.258 e. The summed E-state index contributed by atoms with van der Waals surface area (Å²) in [6.07, 6.45) is 1.74. The molecule has 3 rings (SSSR count). The van der Waals surface area contributed by atoms with Crippen molar-refractivity contribution >= 4 is 35.1 Å². The van der Waals surface area contributed by atoms with Crippen LogP contribution in [0.3, 0.4) is 0 Å². The van der Waals surface area contributed by atoms with Gasteiger partial charge in [0.15, 0.2) is 0 Å². The Morgan fingerprint density at radius 2 is 2.20 bits per heavy atom. The Morgan fingerprint density at radius 1 is 1.35 bits per heavy atom. The van der Waals surface area contributed by atoms with Crippen LogP contribution in [0.1, 0.15) is 15.9 Å². The van der Waals surface area contributed by atoms with Gasteiger partial charge in [-0.2, -0.15) is 0 Å². The van der Waals surface area contributed by atoms with Crippen molar-refractivity contribution in [2.24, 2.45) is 0 Å². The number of carbonyl (C=O) groups excluding carboxylic acids is 2. The van der Waals surface area contributed by atoms with E-state index in [-0.39, 0.29) is 29.3 Å². The third-order valence-electron chi connectivity index (χ3n) is 2.84. The zero-order chi connectivity index (χ0) is 14.1. The molecule has 0 spiro atoms. The topological polar surface area (TPSA) is 84.0 Å². The monoisotopic (exact) mass is 288 g/mol. The van der Waals surface area contributed by atoms with Crippen LogP contribution < -0.4 is 10.6 Å². The number of anilines is 2. The molecule has 100 valence electrons. The van der Waals surface area contributed by atoms with Crippen LogP contribution in [0.2, 0.25) is 5.15 Å². The molecule has 2 amide bonds. The number of carbonyl (C=O) groups is 2. The minimum absolute atomic E-state index is 0.0734. The lowest BCUT2D eigenvalue weighted by atomic mass is 10.1. The summed E-state index contributed by atoms with van der Waals surface area (Å²) in [6, 6.07) is 6.52. The van der Waals surface area contributed by atoms with Crippen LogP contribution in [-0.4, -0.2) is 21.8 Å². The van der Waals surface area contributed by atoms with E-state index in [2.05, 4.69) is 20.6 Å². The van der Waals surface area contributed by atoms with Crippen LogP contribution in [0.4, 0.5) is 11.6 Å². The van der Waals surface area contributed by atoms with Crippen LogP contribution in [0.25, 0.3) is 0 Å². The van der Waals surface area contributed by atoms with Gasteiger partial charge in [0.05, 0.1) is 6.42 Å². The van der Waals surface area contributed by atoms with Crippen molar-refractivity contribution in [3.05, 3.63) is 46.7 Å². The minimum atomic E-state index is -0.352. The predicted octanol–water partition coefficient (Wildman–Crippen LogP) is 1.88. The molecular weight excluding hydrogens is 280 g/mol. The summed E-state index contributed by atoms with van der Waals surface area (Å²) in [4.78, 5) is 31.1. The van der Waals surface area contributed by atoms with E-state index in [1.165, 1.54) is 12.3 Å². The van der Waals surface area contributed by atoms with Crippen molar-refractivity contribution in [1.82, 2.24) is 9.97 Å². The fraction of sp³-hybridized carbons (Fsp3) is 0.0769. The maximum absolute atomic E-state index is 12.1. The molecule has 0 saturated carbocycles. The lowest BCUT2D eigenvalue weighted by molar-refractivity contribution is -0.115. The molecule has 7 heteroatoms. The molecular formula is C13H9ClN4O2. The first-order valence-electron chi connectivity index (χ1n) is 5.84. The van der Waals surface area contributed by atoms with E-state index in [0.29, 0.717) is 5.56 Å². The van der Waals surface area contributed by atoms with Gasteiger partial charge >= 0.3 is 0 Å². The number of hydrogen-bond acceptors (Lipinski definition) is 4. The van der Waals surface area contributed by atoms with E-state index in [0.717, 1.165) is 11.3 Å². The van der Waals surface area contributed by atoms with Crippen LogP contribution >= 0.6 is 11.6 Å². The molecule has 2 N–H and O–H groups in total. The fourth-order valence-electron chi connectivity index (χ4n) is 1.94. The Labute approximate surface area is 119 Å². The molecule has 0 fully saturated rings. The molecule has 6 nitrogen and oxygen atoms in total. The molecule has 0 radical (unpaired) electrons. The largest absolute Gasteiger partial charge is 0.326 e. The number of amides is 2. The predicted molar refractivity (Wildman–Crippen MR) is 73.8 cm³/mol. The lowest BCUT2D eigenvalue weighted by Gasteiger charge is -2.05. The lowest BCUT2D eigenvalue weighted by Crippen LogP contribution is -2.14. The first kappa shape index (κ1) is 12.6. The number of nitrogens with zero attached hydrogens (tertiary/aromatic N) is 2. The van der Waals surface area contributed by atoms with Gasteiger partial charge in [0.2, 0.25) is 11.9 Å². The van der Waals surface area contributed by atoms with Crippen molar-refractivity contribution in [1.29, 1.82) is 0 Å². The molecule has 0 bridgehead atoms. The summed E-state index contributed by atoms with van der Waals surface area (Å²) in [5.74, 6) is -0.289. The molecule has 0 aliphatic carbocycles. The van der Waals surface area contributed by atoms with Crippen molar-refractivity contribution < 1.29 is 9.59 Å². The SMILES string of the molecule is O=C1Cc2cc(C(=O)Nc3nccc(Cl)n3)ccc2N1. The van der Waals surface area contributed by atoms with Crippen LogP contribution in [-0.2, 0) is 11.2 Å². The van der Waals surface area contributed by atoms with E-state index in [1.807, 2.05) is 0 Å². The molecule has 2 heterocycles. The molecule has 20 heavy (non-hydrogen) atoms. The average Bonchev–Trinajstić information content (AvgIpc) is 2.77. The first-order valence-corrected chi connectivity index (χ1v) is 6.22. The number of hydrogen-bond donors (Lipinski definition) is 2. The molecule has 1 aliphatic rings. The second-order valence-corrected chi connectivity index (χ2v) is 4.64. The Balaban J connectivity index is 1.81. The fourth-order valence-corrected chi connectivity index (χ4v) is 2.08. The van der Waals surface area contributed by atoms with E-state index in [4.69, 9.17) is 11.6 Å². The summed E-state index contributed by atoms with van der Waals surface area (Å²) in [6.45, 7) is 0. The molecule has 0 saturated heterocycles. The van der Waals surface area contributed by atoms with Crippen molar-refractivity contribution in [2.45, 2.75) is 6.42 Å². The van der Waals surface area contributed by atoms with E-state index < -0.39 is 0 Å². The zero-order valence-corrected chi connectivity index (χ0v) is 10.9. The number of aromatic nitrogens is 2. The Morgan fingerprint density at radius 3 is 3.00 bits per heavy atom. The first-order chi connectivity index (χ1) is 9.61. The minimum Gasteiger partial charge on any atom is -0.326 e. The molecule has 0 unspecified atom stereocenters. The van der Waals surface area contributed by atoms with Gasteiger partial charge in [-0.05, 0) is 29.8 Å². The molecule has 1 aliphatic heterocycles. The standard InChI is InChI=1S/C13H9ClN4O2/c14-10-3-4-15-13(17-10)18-12(20)7-1-2-9-8(5-7)6-11(19)16-9/h1-5H,6H2,(H,16,19)(H,15,17,18,20). The number of benzene rings is 1. The quantitative estimate of drug-likeness (QED) is 0.826. The van der Waals surface area contributed by atoms with Crippen LogP contribution in [0, 0.1) is 0 Å². The van der Waals surface area contributed by atoms with Gasteiger partial charge in [0.25, 0.3) is 5.91 Å². The molecule has 0 atom stereocenters. The van der Waals surface area contributed by atoms with Gasteiger partial charge < -0.3 is 5.32 Å². The normalized spacial score (nSPS) is 12.8. The van der Waals surface area contributed by atoms with Gasteiger partial charge in [-0.15, -0.1) is 0 Å². The summed E-state index contributed by atoms with van der Waals surface area (Å²) in [5.41, 5.74) is 1.98. The number of nitrogens with one attached hydrogen (secondary N) is 2. The van der Waals surface area contributed by atoms with Crippen molar-refractivity contribution in [3.8, 4) is 0 Å². The highest BCUT2D eigenvalue weighted by Gasteiger charge is 2.19. The van der Waals surface area contributed by atoms with Crippen molar-refractivity contribution in [2.75, 3.05) is 10.6 Å². The molecule has 1 aromatic carbocycles. The highest BCUT2D eigenvalue weighted by atomic mass is 35.5. The number of rotatable bonds is 2. The maximum atomic E-state index is 12.1. The number of fused-ring (bicyclic) bond motifs is 1. The van der Waals surface area contributed by atoms with E-state index in [9.17, 15) is 9.59 Å². The summed E-state index contributed by atoms with van der Waals surface area (Å²) < 4.78 is 0. The molecule has 2 aromatic rings. The Kier molecular flexibility index (Phi) is 3.08. The third kappa shape index (κ3) is 2.46. The van der Waals surface area contributed by atoms with Crippen molar-refractivity contribution in [3.63, 3.8) is 0 Å².